The summed E-state index contributed by atoms with van der Waals surface area (Å²) in [6, 6.07) is 2.49. The minimum Gasteiger partial charge on any atom is -0.380 e. The Morgan fingerprint density at radius 1 is 1.56 bits per heavy atom. The molecule has 1 N–H and O–H groups in total. The number of aromatic nitrogens is 1. The van der Waals surface area contributed by atoms with Crippen molar-refractivity contribution in [1.82, 2.24) is 9.88 Å². The second-order valence-corrected chi connectivity index (χ2v) is 5.81. The molecule has 0 amide bonds. The highest BCUT2D eigenvalue weighted by atomic mass is 35.5. The quantitative estimate of drug-likeness (QED) is 0.853. The van der Waals surface area contributed by atoms with Gasteiger partial charge in [0.2, 0.25) is 0 Å². The second-order valence-electron chi connectivity index (χ2n) is 5.45. The number of piperidine rings is 1. The molecule has 100 valence electrons. The lowest BCUT2D eigenvalue weighted by atomic mass is 9.92. The Labute approximate surface area is 115 Å². The summed E-state index contributed by atoms with van der Waals surface area (Å²) in [5.41, 5.74) is 2.09. The molecule has 0 aliphatic carbocycles. The largest absolute Gasteiger partial charge is 0.380 e. The molecule has 1 aromatic heterocycles. The first kappa shape index (κ1) is 13.6. The summed E-state index contributed by atoms with van der Waals surface area (Å²) in [6.45, 7) is 6.65. The van der Waals surface area contributed by atoms with Crippen LogP contribution < -0.4 is 5.32 Å². The number of aryl methyl sites for hydroxylation is 1. The van der Waals surface area contributed by atoms with Gasteiger partial charge in [-0.2, -0.15) is 0 Å². The molecule has 1 saturated heterocycles. The van der Waals surface area contributed by atoms with E-state index in [1.54, 1.807) is 6.20 Å². The van der Waals surface area contributed by atoms with E-state index in [4.69, 9.17) is 11.6 Å². The SMILES string of the molecule is Cc1cnc(Cl)c(NC(C)C2CCCN(C)C2)c1. The van der Waals surface area contributed by atoms with Gasteiger partial charge in [0, 0.05) is 18.8 Å². The summed E-state index contributed by atoms with van der Waals surface area (Å²) < 4.78 is 0. The average Bonchev–Trinajstić information content (AvgIpc) is 2.34. The molecule has 2 rings (SSSR count). The van der Waals surface area contributed by atoms with Crippen LogP contribution in [0.15, 0.2) is 12.3 Å². The van der Waals surface area contributed by atoms with Crippen molar-refractivity contribution in [3.05, 3.63) is 23.0 Å². The third kappa shape index (κ3) is 3.36. The highest BCUT2D eigenvalue weighted by Crippen LogP contribution is 2.25. The number of hydrogen-bond acceptors (Lipinski definition) is 3. The van der Waals surface area contributed by atoms with Gasteiger partial charge in [-0.05, 0) is 57.8 Å². The van der Waals surface area contributed by atoms with Crippen molar-refractivity contribution in [2.75, 3.05) is 25.5 Å². The standard InChI is InChI=1S/C14H22ClN3/c1-10-7-13(14(15)16-8-10)17-11(2)12-5-4-6-18(3)9-12/h7-8,11-12,17H,4-6,9H2,1-3H3. The highest BCUT2D eigenvalue weighted by Gasteiger charge is 2.23. The second kappa shape index (κ2) is 5.89. The maximum absolute atomic E-state index is 6.12. The molecule has 2 unspecified atom stereocenters. The van der Waals surface area contributed by atoms with E-state index < -0.39 is 0 Å². The number of pyridine rings is 1. The van der Waals surface area contributed by atoms with E-state index in [9.17, 15) is 0 Å². The third-order valence-electron chi connectivity index (χ3n) is 3.73. The number of anilines is 1. The van der Waals surface area contributed by atoms with Gasteiger partial charge in [-0.25, -0.2) is 4.98 Å². The molecule has 0 radical (unpaired) electrons. The van der Waals surface area contributed by atoms with Gasteiger partial charge in [0.15, 0.2) is 5.15 Å². The van der Waals surface area contributed by atoms with Gasteiger partial charge >= 0.3 is 0 Å². The van der Waals surface area contributed by atoms with Gasteiger partial charge < -0.3 is 10.2 Å². The number of nitrogens with one attached hydrogen (secondary N) is 1. The van der Waals surface area contributed by atoms with Gasteiger partial charge in [-0.3, -0.25) is 0 Å². The smallest absolute Gasteiger partial charge is 0.152 e. The van der Waals surface area contributed by atoms with Crippen LogP contribution in [0, 0.1) is 12.8 Å². The van der Waals surface area contributed by atoms with Crippen molar-refractivity contribution in [3.8, 4) is 0 Å². The van der Waals surface area contributed by atoms with Crippen LogP contribution in [-0.2, 0) is 0 Å². The van der Waals surface area contributed by atoms with Gasteiger partial charge in [-0.15, -0.1) is 0 Å². The predicted octanol–water partition coefficient (Wildman–Crippen LogP) is 3.19. The molecule has 18 heavy (non-hydrogen) atoms. The zero-order chi connectivity index (χ0) is 13.1. The van der Waals surface area contributed by atoms with E-state index in [2.05, 4.69) is 35.2 Å². The maximum Gasteiger partial charge on any atom is 0.152 e. The Kier molecular flexibility index (Phi) is 4.46. The molecule has 2 heterocycles. The van der Waals surface area contributed by atoms with Crippen molar-refractivity contribution >= 4 is 17.3 Å². The molecule has 0 aromatic carbocycles. The number of rotatable bonds is 3. The van der Waals surface area contributed by atoms with E-state index in [0.717, 1.165) is 17.8 Å². The van der Waals surface area contributed by atoms with Crippen LogP contribution in [0.5, 0.6) is 0 Å². The van der Waals surface area contributed by atoms with Crippen molar-refractivity contribution in [2.24, 2.45) is 5.92 Å². The minimum absolute atomic E-state index is 0.425. The Morgan fingerprint density at radius 2 is 2.33 bits per heavy atom. The van der Waals surface area contributed by atoms with E-state index >= 15 is 0 Å². The molecular formula is C14H22ClN3. The van der Waals surface area contributed by atoms with E-state index in [-0.39, 0.29) is 0 Å². The lowest BCUT2D eigenvalue weighted by Gasteiger charge is -2.34. The van der Waals surface area contributed by atoms with Crippen LogP contribution in [0.25, 0.3) is 0 Å². The fourth-order valence-corrected chi connectivity index (χ4v) is 2.79. The Morgan fingerprint density at radius 3 is 3.06 bits per heavy atom. The van der Waals surface area contributed by atoms with Gasteiger partial charge in [0.1, 0.15) is 0 Å². The molecule has 3 nitrogen and oxygen atoms in total. The Hall–Kier alpha value is -0.800. The van der Waals surface area contributed by atoms with Crippen molar-refractivity contribution < 1.29 is 0 Å². The first-order valence-corrected chi connectivity index (χ1v) is 7.01. The summed E-state index contributed by atoms with van der Waals surface area (Å²) in [5, 5.41) is 4.09. The summed E-state index contributed by atoms with van der Waals surface area (Å²) in [7, 11) is 2.19. The minimum atomic E-state index is 0.425. The summed E-state index contributed by atoms with van der Waals surface area (Å²) >= 11 is 6.12. The Balaban J connectivity index is 2.01. The lowest BCUT2D eigenvalue weighted by Crippen LogP contribution is -2.39. The number of nitrogens with zero attached hydrogens (tertiary/aromatic N) is 2. The van der Waals surface area contributed by atoms with Crippen LogP contribution in [0.1, 0.15) is 25.3 Å². The average molecular weight is 268 g/mol. The van der Waals surface area contributed by atoms with Crippen LogP contribution >= 0.6 is 11.6 Å². The zero-order valence-corrected chi connectivity index (χ0v) is 12.2. The van der Waals surface area contributed by atoms with Gasteiger partial charge in [0.25, 0.3) is 0 Å². The molecule has 4 heteroatoms. The molecule has 1 fully saturated rings. The molecule has 1 aliphatic heterocycles. The molecule has 0 saturated carbocycles. The van der Waals surface area contributed by atoms with Crippen LogP contribution in [0.4, 0.5) is 5.69 Å². The molecule has 0 bridgehead atoms. The van der Waals surface area contributed by atoms with Gasteiger partial charge in [0.05, 0.1) is 5.69 Å². The fourth-order valence-electron chi connectivity index (χ4n) is 2.63. The van der Waals surface area contributed by atoms with E-state index in [0.29, 0.717) is 17.1 Å². The predicted molar refractivity (Wildman–Crippen MR) is 77.3 cm³/mol. The molecule has 2 atom stereocenters. The summed E-state index contributed by atoms with van der Waals surface area (Å²) in [6.07, 6.45) is 4.37. The molecular weight excluding hydrogens is 246 g/mol. The lowest BCUT2D eigenvalue weighted by molar-refractivity contribution is 0.197. The third-order valence-corrected chi connectivity index (χ3v) is 4.03. The van der Waals surface area contributed by atoms with Crippen LogP contribution in [0.3, 0.4) is 0 Å². The van der Waals surface area contributed by atoms with E-state index in [1.165, 1.54) is 19.4 Å². The molecule has 0 spiro atoms. The van der Waals surface area contributed by atoms with Crippen molar-refractivity contribution in [2.45, 2.75) is 32.7 Å². The Bertz CT molecular complexity index is 408. The maximum atomic E-state index is 6.12. The van der Waals surface area contributed by atoms with E-state index in [1.807, 2.05) is 6.92 Å². The summed E-state index contributed by atoms with van der Waals surface area (Å²) in [5.74, 6) is 0.681. The topological polar surface area (TPSA) is 28.2 Å². The van der Waals surface area contributed by atoms with Crippen molar-refractivity contribution in [3.63, 3.8) is 0 Å². The first-order chi connectivity index (χ1) is 8.56. The zero-order valence-electron chi connectivity index (χ0n) is 11.4. The highest BCUT2D eigenvalue weighted by molar-refractivity contribution is 6.31. The number of likely N-dealkylation sites (tertiary alicyclic amines) is 1. The van der Waals surface area contributed by atoms with Crippen LogP contribution in [0.2, 0.25) is 5.15 Å². The first-order valence-electron chi connectivity index (χ1n) is 6.63. The molecule has 1 aliphatic rings. The normalized spacial score (nSPS) is 22.8. The van der Waals surface area contributed by atoms with Crippen LogP contribution in [-0.4, -0.2) is 36.1 Å². The van der Waals surface area contributed by atoms with Gasteiger partial charge in [-0.1, -0.05) is 11.6 Å². The summed E-state index contributed by atoms with van der Waals surface area (Å²) in [4.78, 5) is 6.59. The fraction of sp³-hybridized carbons (Fsp3) is 0.643. The monoisotopic (exact) mass is 267 g/mol. The molecule has 1 aromatic rings. The number of hydrogen-bond donors (Lipinski definition) is 1. The van der Waals surface area contributed by atoms with Crippen molar-refractivity contribution in [1.29, 1.82) is 0 Å². The number of halogens is 1.